The standard InChI is InChI=1S/C12H21N3S/c1-3-4-11-7-14-10(2)8-15(11)9-12-13-5-6-16-12/h5-6,10-11,14H,3-4,7-9H2,1-2H3. The van der Waals surface area contributed by atoms with Crippen LogP contribution in [0.2, 0.25) is 0 Å². The summed E-state index contributed by atoms with van der Waals surface area (Å²) in [4.78, 5) is 6.97. The molecule has 0 aliphatic carbocycles. The maximum absolute atomic E-state index is 4.39. The molecule has 1 N–H and O–H groups in total. The normalized spacial score (nSPS) is 27.1. The fourth-order valence-corrected chi connectivity index (χ4v) is 2.99. The minimum atomic E-state index is 0.605. The van der Waals surface area contributed by atoms with Gasteiger partial charge in [0.2, 0.25) is 0 Å². The summed E-state index contributed by atoms with van der Waals surface area (Å²) in [5.41, 5.74) is 0. The van der Waals surface area contributed by atoms with Gasteiger partial charge in [0, 0.05) is 36.8 Å². The summed E-state index contributed by atoms with van der Waals surface area (Å²) in [5, 5.41) is 6.88. The van der Waals surface area contributed by atoms with Crippen LogP contribution in [0.5, 0.6) is 0 Å². The van der Waals surface area contributed by atoms with Crippen molar-refractivity contribution in [2.75, 3.05) is 13.1 Å². The lowest BCUT2D eigenvalue weighted by Crippen LogP contribution is -2.54. The molecule has 16 heavy (non-hydrogen) atoms. The van der Waals surface area contributed by atoms with Gasteiger partial charge in [-0.2, -0.15) is 0 Å². The van der Waals surface area contributed by atoms with Crippen molar-refractivity contribution < 1.29 is 0 Å². The first-order valence-electron chi connectivity index (χ1n) is 6.15. The van der Waals surface area contributed by atoms with E-state index >= 15 is 0 Å². The van der Waals surface area contributed by atoms with Crippen molar-refractivity contribution in [2.45, 2.75) is 45.3 Å². The first-order valence-corrected chi connectivity index (χ1v) is 7.03. The summed E-state index contributed by atoms with van der Waals surface area (Å²) in [5.74, 6) is 0. The summed E-state index contributed by atoms with van der Waals surface area (Å²) < 4.78 is 0. The molecule has 1 saturated heterocycles. The summed E-state index contributed by atoms with van der Waals surface area (Å²) in [6.07, 6.45) is 4.45. The van der Waals surface area contributed by atoms with E-state index in [0.717, 1.165) is 19.6 Å². The summed E-state index contributed by atoms with van der Waals surface area (Å²) in [6.45, 7) is 7.82. The van der Waals surface area contributed by atoms with Gasteiger partial charge in [0.25, 0.3) is 0 Å². The smallest absolute Gasteiger partial charge is 0.107 e. The van der Waals surface area contributed by atoms with Crippen molar-refractivity contribution in [3.63, 3.8) is 0 Å². The fourth-order valence-electron chi connectivity index (χ4n) is 2.35. The Labute approximate surface area is 102 Å². The van der Waals surface area contributed by atoms with Crippen LogP contribution < -0.4 is 5.32 Å². The van der Waals surface area contributed by atoms with Gasteiger partial charge in [-0.1, -0.05) is 13.3 Å². The number of hydrogen-bond donors (Lipinski definition) is 1. The quantitative estimate of drug-likeness (QED) is 0.872. The second-order valence-electron chi connectivity index (χ2n) is 4.61. The van der Waals surface area contributed by atoms with Gasteiger partial charge in [0.15, 0.2) is 0 Å². The van der Waals surface area contributed by atoms with Gasteiger partial charge in [-0.15, -0.1) is 11.3 Å². The zero-order valence-corrected chi connectivity index (χ0v) is 11.0. The lowest BCUT2D eigenvalue weighted by Gasteiger charge is -2.39. The predicted molar refractivity (Wildman–Crippen MR) is 68.7 cm³/mol. The maximum atomic E-state index is 4.39. The molecule has 1 aromatic rings. The lowest BCUT2D eigenvalue weighted by atomic mass is 10.1. The van der Waals surface area contributed by atoms with Gasteiger partial charge in [0.1, 0.15) is 5.01 Å². The summed E-state index contributed by atoms with van der Waals surface area (Å²) in [6, 6.07) is 1.29. The van der Waals surface area contributed by atoms with Gasteiger partial charge in [-0.3, -0.25) is 4.90 Å². The van der Waals surface area contributed by atoms with E-state index in [4.69, 9.17) is 0 Å². The van der Waals surface area contributed by atoms with Crippen molar-refractivity contribution in [2.24, 2.45) is 0 Å². The molecule has 1 aliphatic rings. The topological polar surface area (TPSA) is 28.2 Å². The molecule has 2 heterocycles. The average molecular weight is 239 g/mol. The van der Waals surface area contributed by atoms with E-state index in [2.05, 4.69) is 34.4 Å². The Morgan fingerprint density at radius 1 is 1.62 bits per heavy atom. The molecule has 0 amide bonds. The van der Waals surface area contributed by atoms with E-state index in [1.165, 1.54) is 17.8 Å². The first-order chi connectivity index (χ1) is 7.79. The molecule has 2 atom stereocenters. The van der Waals surface area contributed by atoms with Crippen LogP contribution >= 0.6 is 11.3 Å². The number of piperazine rings is 1. The number of nitrogens with zero attached hydrogens (tertiary/aromatic N) is 2. The Kier molecular flexibility index (Phi) is 4.32. The Morgan fingerprint density at radius 3 is 3.19 bits per heavy atom. The van der Waals surface area contributed by atoms with Crippen molar-refractivity contribution in [3.8, 4) is 0 Å². The Bertz CT molecular complexity index is 299. The predicted octanol–water partition coefficient (Wildman–Crippen LogP) is 2.11. The number of aromatic nitrogens is 1. The third-order valence-corrected chi connectivity index (χ3v) is 3.93. The molecule has 90 valence electrons. The van der Waals surface area contributed by atoms with E-state index in [9.17, 15) is 0 Å². The monoisotopic (exact) mass is 239 g/mol. The Morgan fingerprint density at radius 2 is 2.50 bits per heavy atom. The third-order valence-electron chi connectivity index (χ3n) is 3.17. The number of nitrogens with one attached hydrogen (secondary N) is 1. The van der Waals surface area contributed by atoms with Crippen LogP contribution in [0.3, 0.4) is 0 Å². The van der Waals surface area contributed by atoms with Crippen LogP contribution in [0.4, 0.5) is 0 Å². The summed E-state index contributed by atoms with van der Waals surface area (Å²) >= 11 is 1.76. The minimum absolute atomic E-state index is 0.605. The Balaban J connectivity index is 1.96. The molecule has 0 saturated carbocycles. The second-order valence-corrected chi connectivity index (χ2v) is 5.59. The van der Waals surface area contributed by atoms with Crippen LogP contribution in [0.15, 0.2) is 11.6 Å². The minimum Gasteiger partial charge on any atom is -0.311 e. The highest BCUT2D eigenvalue weighted by Crippen LogP contribution is 2.17. The first kappa shape index (κ1) is 12.0. The molecule has 0 bridgehead atoms. The molecular weight excluding hydrogens is 218 g/mol. The molecule has 2 unspecified atom stereocenters. The SMILES string of the molecule is CCCC1CNC(C)CN1Cc1nccs1. The van der Waals surface area contributed by atoms with Crippen molar-refractivity contribution in [1.82, 2.24) is 15.2 Å². The van der Waals surface area contributed by atoms with E-state index < -0.39 is 0 Å². The highest BCUT2D eigenvalue weighted by Gasteiger charge is 2.25. The maximum Gasteiger partial charge on any atom is 0.107 e. The highest BCUT2D eigenvalue weighted by molar-refractivity contribution is 7.09. The van der Waals surface area contributed by atoms with E-state index in [-0.39, 0.29) is 0 Å². The molecule has 1 aliphatic heterocycles. The van der Waals surface area contributed by atoms with E-state index in [1.807, 2.05) is 6.20 Å². The molecule has 3 nitrogen and oxygen atoms in total. The van der Waals surface area contributed by atoms with Crippen LogP contribution in [0.1, 0.15) is 31.7 Å². The molecule has 2 rings (SSSR count). The highest BCUT2D eigenvalue weighted by atomic mass is 32.1. The molecule has 0 spiro atoms. The lowest BCUT2D eigenvalue weighted by molar-refractivity contribution is 0.120. The van der Waals surface area contributed by atoms with E-state index in [0.29, 0.717) is 12.1 Å². The zero-order valence-electron chi connectivity index (χ0n) is 10.1. The molecule has 1 aromatic heterocycles. The zero-order chi connectivity index (χ0) is 11.4. The van der Waals surface area contributed by atoms with Crippen LogP contribution in [0.25, 0.3) is 0 Å². The molecule has 1 fully saturated rings. The number of hydrogen-bond acceptors (Lipinski definition) is 4. The van der Waals surface area contributed by atoms with Gasteiger partial charge >= 0.3 is 0 Å². The largest absolute Gasteiger partial charge is 0.311 e. The number of thiazole rings is 1. The molecule has 0 radical (unpaired) electrons. The van der Waals surface area contributed by atoms with E-state index in [1.54, 1.807) is 11.3 Å². The van der Waals surface area contributed by atoms with Gasteiger partial charge < -0.3 is 5.32 Å². The Hall–Kier alpha value is -0.450. The average Bonchev–Trinajstić information content (AvgIpc) is 2.75. The summed E-state index contributed by atoms with van der Waals surface area (Å²) in [7, 11) is 0. The van der Waals surface area contributed by atoms with Crippen LogP contribution in [-0.4, -0.2) is 35.1 Å². The third kappa shape index (κ3) is 3.03. The molecule has 4 heteroatoms. The van der Waals surface area contributed by atoms with Crippen molar-refractivity contribution in [1.29, 1.82) is 0 Å². The van der Waals surface area contributed by atoms with Crippen LogP contribution in [-0.2, 0) is 6.54 Å². The fraction of sp³-hybridized carbons (Fsp3) is 0.750. The molecular formula is C12H21N3S. The number of rotatable bonds is 4. The van der Waals surface area contributed by atoms with Gasteiger partial charge in [-0.05, 0) is 13.3 Å². The van der Waals surface area contributed by atoms with Crippen molar-refractivity contribution >= 4 is 11.3 Å². The van der Waals surface area contributed by atoms with Crippen molar-refractivity contribution in [3.05, 3.63) is 16.6 Å². The second kappa shape index (κ2) is 5.75. The van der Waals surface area contributed by atoms with Crippen LogP contribution in [0, 0.1) is 0 Å². The molecule has 0 aromatic carbocycles. The van der Waals surface area contributed by atoms with Gasteiger partial charge in [0.05, 0.1) is 6.54 Å². The van der Waals surface area contributed by atoms with Gasteiger partial charge in [-0.25, -0.2) is 4.98 Å².